The fourth-order valence-corrected chi connectivity index (χ4v) is 0.881. The predicted molar refractivity (Wildman–Crippen MR) is 40.1 cm³/mol. The molecule has 54 valence electrons. The molecule has 2 N–H and O–H groups in total. The third kappa shape index (κ3) is 1.18. The van der Waals surface area contributed by atoms with Crippen molar-refractivity contribution in [3.63, 3.8) is 0 Å². The predicted octanol–water partition coefficient (Wildman–Crippen LogP) is 0.134. The molecule has 0 aliphatic heterocycles. The molecule has 10 heavy (non-hydrogen) atoms. The standard InChI is InChI=1S/C5H5BrN2O2/c1-2-3(6)7-5(10)8-4(2)9/h1H3,(H2,7,8,9,10). The Morgan fingerprint density at radius 1 is 1.30 bits per heavy atom. The zero-order valence-corrected chi connectivity index (χ0v) is 6.78. The van der Waals surface area contributed by atoms with Crippen molar-refractivity contribution in [2.75, 3.05) is 0 Å². The van der Waals surface area contributed by atoms with Gasteiger partial charge in [0.15, 0.2) is 0 Å². The van der Waals surface area contributed by atoms with Crippen LogP contribution in [0.4, 0.5) is 0 Å². The van der Waals surface area contributed by atoms with E-state index in [9.17, 15) is 9.59 Å². The van der Waals surface area contributed by atoms with Gasteiger partial charge in [0, 0.05) is 5.56 Å². The number of aromatic nitrogens is 2. The zero-order valence-electron chi connectivity index (χ0n) is 5.19. The van der Waals surface area contributed by atoms with Gasteiger partial charge in [0.1, 0.15) is 0 Å². The van der Waals surface area contributed by atoms with Crippen molar-refractivity contribution in [3.8, 4) is 0 Å². The summed E-state index contributed by atoms with van der Waals surface area (Å²) < 4.78 is 0.432. The molecule has 0 fully saturated rings. The fraction of sp³-hybridized carbons (Fsp3) is 0.200. The molecule has 0 saturated heterocycles. The highest BCUT2D eigenvalue weighted by Crippen LogP contribution is 2.02. The van der Waals surface area contributed by atoms with E-state index < -0.39 is 5.69 Å². The summed E-state index contributed by atoms with van der Waals surface area (Å²) in [7, 11) is 0. The Morgan fingerprint density at radius 2 is 1.90 bits per heavy atom. The monoisotopic (exact) mass is 204 g/mol. The molecular weight excluding hydrogens is 200 g/mol. The third-order valence-electron chi connectivity index (χ3n) is 1.12. The highest BCUT2D eigenvalue weighted by atomic mass is 79.9. The SMILES string of the molecule is Cc1c(Br)[nH]c(=O)[nH]c1=O. The van der Waals surface area contributed by atoms with E-state index in [1.165, 1.54) is 0 Å². The minimum Gasteiger partial charge on any atom is -0.301 e. The lowest BCUT2D eigenvalue weighted by Gasteiger charge is -1.91. The van der Waals surface area contributed by atoms with Gasteiger partial charge in [0.2, 0.25) is 0 Å². The number of nitrogens with one attached hydrogen (secondary N) is 2. The Kier molecular flexibility index (Phi) is 1.76. The smallest absolute Gasteiger partial charge is 0.301 e. The average Bonchev–Trinajstić information content (AvgIpc) is 1.82. The average molecular weight is 205 g/mol. The molecule has 0 aliphatic rings. The van der Waals surface area contributed by atoms with Gasteiger partial charge < -0.3 is 4.98 Å². The highest BCUT2D eigenvalue weighted by molar-refractivity contribution is 9.10. The molecule has 0 radical (unpaired) electrons. The Balaban J connectivity index is 3.62. The first-order valence-corrected chi connectivity index (χ1v) is 3.39. The molecule has 0 unspecified atom stereocenters. The van der Waals surface area contributed by atoms with Crippen molar-refractivity contribution >= 4 is 15.9 Å². The zero-order chi connectivity index (χ0) is 7.72. The van der Waals surface area contributed by atoms with E-state index in [0.717, 1.165) is 0 Å². The van der Waals surface area contributed by atoms with E-state index in [0.29, 0.717) is 10.2 Å². The largest absolute Gasteiger partial charge is 0.326 e. The molecule has 0 bridgehead atoms. The maximum atomic E-state index is 10.8. The summed E-state index contributed by atoms with van der Waals surface area (Å²) in [6.45, 7) is 1.61. The summed E-state index contributed by atoms with van der Waals surface area (Å²) in [5, 5.41) is 0. The van der Waals surface area contributed by atoms with Crippen molar-refractivity contribution in [3.05, 3.63) is 31.0 Å². The van der Waals surface area contributed by atoms with Gasteiger partial charge in [-0.2, -0.15) is 0 Å². The number of halogens is 1. The second-order valence-electron chi connectivity index (χ2n) is 1.85. The second-order valence-corrected chi connectivity index (χ2v) is 2.64. The topological polar surface area (TPSA) is 65.7 Å². The number of hydrogen-bond donors (Lipinski definition) is 2. The quantitative estimate of drug-likeness (QED) is 0.591. The van der Waals surface area contributed by atoms with Gasteiger partial charge in [-0.25, -0.2) is 4.79 Å². The van der Waals surface area contributed by atoms with Gasteiger partial charge in [-0.1, -0.05) is 0 Å². The summed E-state index contributed by atoms with van der Waals surface area (Å²) in [4.78, 5) is 25.7. The Bertz CT molecular complexity index is 351. The number of rotatable bonds is 0. The van der Waals surface area contributed by atoms with E-state index >= 15 is 0 Å². The van der Waals surface area contributed by atoms with Crippen molar-refractivity contribution in [1.82, 2.24) is 9.97 Å². The summed E-state index contributed by atoms with van der Waals surface area (Å²) in [5.41, 5.74) is -0.391. The van der Waals surface area contributed by atoms with Crippen LogP contribution in [0.5, 0.6) is 0 Å². The van der Waals surface area contributed by atoms with Crippen molar-refractivity contribution in [1.29, 1.82) is 0 Å². The normalized spacial score (nSPS) is 9.80. The van der Waals surface area contributed by atoms with Gasteiger partial charge in [-0.3, -0.25) is 9.78 Å². The van der Waals surface area contributed by atoms with Gasteiger partial charge in [0.05, 0.1) is 4.60 Å². The minimum atomic E-state index is -0.498. The van der Waals surface area contributed by atoms with Gasteiger partial charge in [-0.05, 0) is 22.9 Å². The second kappa shape index (κ2) is 2.42. The van der Waals surface area contributed by atoms with E-state index in [-0.39, 0.29) is 5.56 Å². The van der Waals surface area contributed by atoms with Crippen LogP contribution >= 0.6 is 15.9 Å². The molecule has 0 amide bonds. The molecule has 0 atom stereocenters. The van der Waals surface area contributed by atoms with E-state index in [1.54, 1.807) is 6.92 Å². The molecule has 1 rings (SSSR count). The van der Waals surface area contributed by atoms with Crippen LogP contribution in [0.25, 0.3) is 0 Å². The molecule has 0 aromatic carbocycles. The van der Waals surface area contributed by atoms with Crippen LogP contribution < -0.4 is 11.2 Å². The molecule has 1 aromatic heterocycles. The first-order chi connectivity index (χ1) is 4.61. The maximum absolute atomic E-state index is 10.8. The highest BCUT2D eigenvalue weighted by Gasteiger charge is 1.98. The van der Waals surface area contributed by atoms with Crippen LogP contribution in [-0.4, -0.2) is 9.97 Å². The van der Waals surface area contributed by atoms with E-state index in [1.807, 2.05) is 0 Å². The van der Waals surface area contributed by atoms with Crippen LogP contribution in [0.1, 0.15) is 5.56 Å². The molecule has 0 aliphatic carbocycles. The lowest BCUT2D eigenvalue weighted by atomic mass is 10.4. The van der Waals surface area contributed by atoms with Crippen molar-refractivity contribution in [2.24, 2.45) is 0 Å². The van der Waals surface area contributed by atoms with Crippen molar-refractivity contribution in [2.45, 2.75) is 6.92 Å². The summed E-state index contributed by atoms with van der Waals surface area (Å²) in [6.07, 6.45) is 0. The van der Waals surface area contributed by atoms with Crippen molar-refractivity contribution < 1.29 is 0 Å². The van der Waals surface area contributed by atoms with Crippen LogP contribution in [0, 0.1) is 6.92 Å². The first kappa shape index (κ1) is 7.27. The molecule has 4 nitrogen and oxygen atoms in total. The molecule has 1 aromatic rings. The third-order valence-corrected chi connectivity index (χ3v) is 1.91. The number of aromatic amines is 2. The van der Waals surface area contributed by atoms with E-state index in [2.05, 4.69) is 25.9 Å². The fourth-order valence-electron chi connectivity index (χ4n) is 0.521. The van der Waals surface area contributed by atoms with Crippen LogP contribution in [0.2, 0.25) is 0 Å². The molecule has 5 heteroatoms. The lowest BCUT2D eigenvalue weighted by molar-refractivity contribution is 0.984. The first-order valence-electron chi connectivity index (χ1n) is 2.60. The van der Waals surface area contributed by atoms with Gasteiger partial charge in [0.25, 0.3) is 5.56 Å². The minimum absolute atomic E-state index is 0.365. The van der Waals surface area contributed by atoms with Gasteiger partial charge in [-0.15, -0.1) is 0 Å². The maximum Gasteiger partial charge on any atom is 0.326 e. The molecule has 0 spiro atoms. The van der Waals surface area contributed by atoms with Crippen LogP contribution in [-0.2, 0) is 0 Å². The van der Waals surface area contributed by atoms with Gasteiger partial charge >= 0.3 is 5.69 Å². The lowest BCUT2D eigenvalue weighted by Crippen LogP contribution is -2.24. The molecule has 0 saturated carbocycles. The Hall–Kier alpha value is -0.840. The Labute approximate surface area is 64.4 Å². The summed E-state index contributed by atoms with van der Waals surface area (Å²) in [5.74, 6) is 0. The molecule has 1 heterocycles. The summed E-state index contributed by atoms with van der Waals surface area (Å²) >= 11 is 3.02. The number of hydrogen-bond acceptors (Lipinski definition) is 2. The van der Waals surface area contributed by atoms with E-state index in [4.69, 9.17) is 0 Å². The Morgan fingerprint density at radius 3 is 2.40 bits per heavy atom. The van der Waals surface area contributed by atoms with Crippen LogP contribution in [0.15, 0.2) is 14.2 Å². The summed E-state index contributed by atoms with van der Waals surface area (Å²) in [6, 6.07) is 0. The number of H-pyrrole nitrogens is 2. The molecular formula is C5H5BrN2O2. The van der Waals surface area contributed by atoms with Crippen LogP contribution in [0.3, 0.4) is 0 Å².